The smallest absolute Gasteiger partial charge is 0.270 e. The van der Waals surface area contributed by atoms with Gasteiger partial charge < -0.3 is 4.74 Å². The van der Waals surface area contributed by atoms with Gasteiger partial charge >= 0.3 is 0 Å². The molecule has 1 heterocycles. The van der Waals surface area contributed by atoms with Gasteiger partial charge in [0.05, 0.1) is 10.6 Å². The van der Waals surface area contributed by atoms with Crippen molar-refractivity contribution in [1.29, 1.82) is 0 Å². The average molecular weight is 368 g/mol. The second-order valence-corrected chi connectivity index (χ2v) is 6.17. The minimum atomic E-state index is -0.399. The Morgan fingerprint density at radius 2 is 1.39 bits per heavy atom. The lowest BCUT2D eigenvalue weighted by Crippen LogP contribution is -1.93. The van der Waals surface area contributed by atoms with Crippen molar-refractivity contribution in [2.45, 2.75) is 0 Å². The van der Waals surface area contributed by atoms with Crippen molar-refractivity contribution in [3.8, 4) is 34.0 Å². The summed E-state index contributed by atoms with van der Waals surface area (Å²) in [6, 6.07) is 29.4. The lowest BCUT2D eigenvalue weighted by atomic mass is 10.0. The van der Waals surface area contributed by atoms with E-state index in [-0.39, 0.29) is 5.69 Å². The third-order valence-electron chi connectivity index (χ3n) is 4.23. The lowest BCUT2D eigenvalue weighted by molar-refractivity contribution is -0.384. The van der Waals surface area contributed by atoms with E-state index >= 15 is 0 Å². The summed E-state index contributed by atoms with van der Waals surface area (Å²) >= 11 is 0. The van der Waals surface area contributed by atoms with Gasteiger partial charge in [-0.15, -0.1) is 0 Å². The molecule has 0 aliphatic heterocycles. The number of hydrogen-bond acceptors (Lipinski definition) is 4. The Kier molecular flexibility index (Phi) is 4.80. The van der Waals surface area contributed by atoms with E-state index in [1.54, 1.807) is 18.2 Å². The molecule has 0 unspecified atom stereocenters. The molecule has 0 bridgehead atoms. The number of rotatable bonds is 5. The number of benzene rings is 3. The highest BCUT2D eigenvalue weighted by molar-refractivity contribution is 5.73. The van der Waals surface area contributed by atoms with Crippen LogP contribution in [-0.2, 0) is 0 Å². The SMILES string of the molecule is O=[N+]([O-])c1cccc(-c2cc(Oc3ccccc3)nc(-c3ccccc3)c2)c1. The maximum absolute atomic E-state index is 11.1. The van der Waals surface area contributed by atoms with Crippen LogP contribution < -0.4 is 4.74 Å². The van der Waals surface area contributed by atoms with E-state index in [0.29, 0.717) is 11.6 Å². The van der Waals surface area contributed by atoms with Crippen LogP contribution in [0.25, 0.3) is 22.4 Å². The van der Waals surface area contributed by atoms with Gasteiger partial charge in [-0.05, 0) is 29.3 Å². The molecule has 0 N–H and O–H groups in total. The van der Waals surface area contributed by atoms with Crippen molar-refractivity contribution in [2.75, 3.05) is 0 Å². The number of pyridine rings is 1. The van der Waals surface area contributed by atoms with Crippen molar-refractivity contribution in [3.05, 3.63) is 107 Å². The molecule has 4 rings (SSSR count). The summed E-state index contributed by atoms with van der Waals surface area (Å²) in [6.07, 6.45) is 0. The quantitative estimate of drug-likeness (QED) is 0.315. The van der Waals surface area contributed by atoms with E-state index in [9.17, 15) is 10.1 Å². The zero-order valence-electron chi connectivity index (χ0n) is 14.9. The Morgan fingerprint density at radius 3 is 2.11 bits per heavy atom. The van der Waals surface area contributed by atoms with E-state index < -0.39 is 4.92 Å². The number of hydrogen-bond donors (Lipinski definition) is 0. The summed E-state index contributed by atoms with van der Waals surface area (Å²) < 4.78 is 5.94. The zero-order valence-corrected chi connectivity index (χ0v) is 14.9. The molecule has 0 aliphatic carbocycles. The van der Waals surface area contributed by atoms with Gasteiger partial charge in [-0.2, -0.15) is 0 Å². The van der Waals surface area contributed by atoms with Crippen LogP contribution in [0.3, 0.4) is 0 Å². The first-order valence-electron chi connectivity index (χ1n) is 8.74. The molecule has 0 amide bonds. The fourth-order valence-electron chi connectivity index (χ4n) is 2.89. The van der Waals surface area contributed by atoms with Gasteiger partial charge in [0.15, 0.2) is 0 Å². The second-order valence-electron chi connectivity index (χ2n) is 6.17. The molecule has 0 aliphatic rings. The van der Waals surface area contributed by atoms with Gasteiger partial charge in [-0.1, -0.05) is 60.7 Å². The van der Waals surface area contributed by atoms with E-state index in [4.69, 9.17) is 4.74 Å². The van der Waals surface area contributed by atoms with Gasteiger partial charge in [-0.25, -0.2) is 4.98 Å². The van der Waals surface area contributed by atoms with Crippen LogP contribution in [0.2, 0.25) is 0 Å². The third kappa shape index (κ3) is 3.88. The summed E-state index contributed by atoms with van der Waals surface area (Å²) in [5.41, 5.74) is 3.24. The molecule has 5 heteroatoms. The molecule has 1 aromatic heterocycles. The topological polar surface area (TPSA) is 65.3 Å². The molecule has 136 valence electrons. The predicted octanol–water partition coefficient (Wildman–Crippen LogP) is 6.12. The van der Waals surface area contributed by atoms with E-state index in [2.05, 4.69) is 4.98 Å². The third-order valence-corrected chi connectivity index (χ3v) is 4.23. The van der Waals surface area contributed by atoms with E-state index in [0.717, 1.165) is 22.4 Å². The van der Waals surface area contributed by atoms with Gasteiger partial charge in [-0.3, -0.25) is 10.1 Å². The molecule has 5 nitrogen and oxygen atoms in total. The van der Waals surface area contributed by atoms with Crippen molar-refractivity contribution < 1.29 is 9.66 Å². The maximum Gasteiger partial charge on any atom is 0.270 e. The molecule has 0 fully saturated rings. The summed E-state index contributed by atoms with van der Waals surface area (Å²) in [6.45, 7) is 0. The Bertz CT molecular complexity index is 1110. The molecule has 0 saturated heterocycles. The molecule has 0 radical (unpaired) electrons. The van der Waals surface area contributed by atoms with Crippen LogP contribution in [0, 0.1) is 10.1 Å². The number of non-ortho nitro benzene ring substituents is 1. The molecule has 0 atom stereocenters. The van der Waals surface area contributed by atoms with Gasteiger partial charge in [0.25, 0.3) is 5.69 Å². The molecule has 0 saturated carbocycles. The van der Waals surface area contributed by atoms with Crippen LogP contribution in [-0.4, -0.2) is 9.91 Å². The first-order chi connectivity index (χ1) is 13.7. The maximum atomic E-state index is 11.1. The molecular weight excluding hydrogens is 352 g/mol. The monoisotopic (exact) mass is 368 g/mol. The largest absolute Gasteiger partial charge is 0.439 e. The van der Waals surface area contributed by atoms with Crippen LogP contribution >= 0.6 is 0 Å². The van der Waals surface area contributed by atoms with E-state index in [1.807, 2.05) is 72.8 Å². The number of aromatic nitrogens is 1. The van der Waals surface area contributed by atoms with E-state index in [1.165, 1.54) is 6.07 Å². The molecule has 28 heavy (non-hydrogen) atoms. The van der Waals surface area contributed by atoms with Gasteiger partial charge in [0, 0.05) is 23.8 Å². The molecule has 0 spiro atoms. The highest BCUT2D eigenvalue weighted by atomic mass is 16.6. The average Bonchev–Trinajstić information content (AvgIpc) is 2.75. The second kappa shape index (κ2) is 7.72. The Morgan fingerprint density at radius 1 is 0.714 bits per heavy atom. The van der Waals surface area contributed by atoms with Crippen molar-refractivity contribution >= 4 is 5.69 Å². The van der Waals surface area contributed by atoms with Crippen LogP contribution in [0.5, 0.6) is 11.6 Å². The normalized spacial score (nSPS) is 10.4. The summed E-state index contributed by atoms with van der Waals surface area (Å²) in [5.74, 6) is 1.10. The van der Waals surface area contributed by atoms with Crippen LogP contribution in [0.15, 0.2) is 97.1 Å². The molecule has 4 aromatic rings. The summed E-state index contributed by atoms with van der Waals surface area (Å²) in [5, 5.41) is 11.1. The van der Waals surface area contributed by atoms with Crippen molar-refractivity contribution in [2.24, 2.45) is 0 Å². The van der Waals surface area contributed by atoms with Gasteiger partial charge in [0.1, 0.15) is 5.75 Å². The number of nitrogens with zero attached hydrogens (tertiary/aromatic N) is 2. The molecule has 3 aromatic carbocycles. The highest BCUT2D eigenvalue weighted by Crippen LogP contribution is 2.32. The van der Waals surface area contributed by atoms with Crippen molar-refractivity contribution in [1.82, 2.24) is 4.98 Å². The van der Waals surface area contributed by atoms with Gasteiger partial charge in [0.2, 0.25) is 5.88 Å². The minimum absolute atomic E-state index is 0.0427. The minimum Gasteiger partial charge on any atom is -0.439 e. The summed E-state index contributed by atoms with van der Waals surface area (Å²) in [7, 11) is 0. The first-order valence-corrected chi connectivity index (χ1v) is 8.74. The van der Waals surface area contributed by atoms with Crippen molar-refractivity contribution in [3.63, 3.8) is 0 Å². The highest BCUT2D eigenvalue weighted by Gasteiger charge is 2.12. The number of nitro groups is 1. The first kappa shape index (κ1) is 17.4. The number of nitro benzene ring substituents is 1. The Hall–Kier alpha value is -3.99. The zero-order chi connectivity index (χ0) is 19.3. The fourth-order valence-corrected chi connectivity index (χ4v) is 2.89. The Labute approximate surface area is 162 Å². The standard InChI is InChI=1S/C23H16N2O3/c26-25(27)20-11-7-10-18(14-20)19-15-22(17-8-3-1-4-9-17)24-23(16-19)28-21-12-5-2-6-13-21/h1-16H. The predicted molar refractivity (Wildman–Crippen MR) is 108 cm³/mol. The summed E-state index contributed by atoms with van der Waals surface area (Å²) in [4.78, 5) is 15.4. The number of ether oxygens (including phenoxy) is 1. The Balaban J connectivity index is 1.82. The van der Waals surface area contributed by atoms with Crippen LogP contribution in [0.4, 0.5) is 5.69 Å². The van der Waals surface area contributed by atoms with Crippen LogP contribution in [0.1, 0.15) is 0 Å². The number of para-hydroxylation sites is 1. The lowest BCUT2D eigenvalue weighted by Gasteiger charge is -2.11. The molecular formula is C23H16N2O3. The fraction of sp³-hybridized carbons (Fsp3) is 0.